The average molecular weight is 361 g/mol. The van der Waals surface area contributed by atoms with Gasteiger partial charge in [-0.05, 0) is 62.8 Å². The fourth-order valence-corrected chi connectivity index (χ4v) is 5.61. The molecule has 0 saturated heterocycles. The second-order valence-electron chi connectivity index (χ2n) is 7.63. The number of hydrogen-bond donors (Lipinski definition) is 3. The smallest absolute Gasteiger partial charge is 0.138 e. The maximum Gasteiger partial charge on any atom is 0.138 e. The summed E-state index contributed by atoms with van der Waals surface area (Å²) in [5.41, 5.74) is 7.45. The number of hydrogen-bond acceptors (Lipinski definition) is 6. The van der Waals surface area contributed by atoms with Gasteiger partial charge in [0.25, 0.3) is 0 Å². The highest BCUT2D eigenvalue weighted by Crippen LogP contribution is 2.47. The summed E-state index contributed by atoms with van der Waals surface area (Å²) in [6.45, 7) is 2.05. The number of rotatable bonds is 5. The van der Waals surface area contributed by atoms with Gasteiger partial charge < -0.3 is 16.2 Å². The lowest BCUT2D eigenvalue weighted by molar-refractivity contribution is 0.151. The summed E-state index contributed by atoms with van der Waals surface area (Å²) in [7, 11) is 0. The molecule has 5 nitrogen and oxygen atoms in total. The number of fused-ring (bicyclic) bond motifs is 3. The van der Waals surface area contributed by atoms with Crippen LogP contribution in [0.3, 0.4) is 0 Å². The van der Waals surface area contributed by atoms with Crippen LogP contribution in [0.15, 0.2) is 6.33 Å². The molecule has 0 aromatic carbocycles. The minimum Gasteiger partial charge on any atom is -0.393 e. The zero-order valence-corrected chi connectivity index (χ0v) is 15.7. The van der Waals surface area contributed by atoms with Crippen molar-refractivity contribution in [1.82, 2.24) is 9.97 Å². The van der Waals surface area contributed by atoms with Gasteiger partial charge in [-0.25, -0.2) is 9.97 Å². The van der Waals surface area contributed by atoms with Gasteiger partial charge in [0.2, 0.25) is 0 Å². The van der Waals surface area contributed by atoms with Crippen molar-refractivity contribution in [3.63, 3.8) is 0 Å². The van der Waals surface area contributed by atoms with Gasteiger partial charge in [0.1, 0.15) is 17.0 Å². The molecule has 1 fully saturated rings. The molecule has 2 heterocycles. The van der Waals surface area contributed by atoms with E-state index in [2.05, 4.69) is 22.2 Å². The number of aliphatic hydroxyl groups excluding tert-OH is 1. The van der Waals surface area contributed by atoms with Crippen LogP contribution in [0.5, 0.6) is 0 Å². The number of aryl methyl sites for hydroxylation is 1. The third-order valence-corrected chi connectivity index (χ3v) is 7.04. The van der Waals surface area contributed by atoms with Gasteiger partial charge in [-0.15, -0.1) is 11.3 Å². The van der Waals surface area contributed by atoms with Crippen LogP contribution in [-0.4, -0.2) is 33.3 Å². The van der Waals surface area contributed by atoms with Crippen molar-refractivity contribution in [2.45, 2.75) is 82.4 Å². The molecule has 0 bridgehead atoms. The van der Waals surface area contributed by atoms with Gasteiger partial charge in [-0.3, -0.25) is 0 Å². The molecule has 0 aliphatic heterocycles. The molecule has 6 heteroatoms. The summed E-state index contributed by atoms with van der Waals surface area (Å²) >= 11 is 1.81. The Balaban J connectivity index is 1.64. The molecule has 1 unspecified atom stereocenters. The molecule has 136 valence electrons. The first-order valence-corrected chi connectivity index (χ1v) is 10.4. The van der Waals surface area contributed by atoms with Crippen LogP contribution in [0, 0.1) is 0 Å². The van der Waals surface area contributed by atoms with Crippen molar-refractivity contribution < 1.29 is 5.11 Å². The Morgan fingerprint density at radius 1 is 1.28 bits per heavy atom. The molecule has 2 aromatic heterocycles. The first-order valence-electron chi connectivity index (χ1n) is 9.62. The summed E-state index contributed by atoms with van der Waals surface area (Å²) in [5.74, 6) is 1.42. The first-order chi connectivity index (χ1) is 12.2. The highest BCUT2D eigenvalue weighted by atomic mass is 32.1. The monoisotopic (exact) mass is 360 g/mol. The van der Waals surface area contributed by atoms with Crippen LogP contribution in [0.1, 0.15) is 68.2 Å². The van der Waals surface area contributed by atoms with Crippen molar-refractivity contribution in [3.05, 3.63) is 16.8 Å². The van der Waals surface area contributed by atoms with Gasteiger partial charge in [-0.1, -0.05) is 6.92 Å². The van der Waals surface area contributed by atoms with Crippen molar-refractivity contribution in [1.29, 1.82) is 0 Å². The minimum atomic E-state index is -0.216. The normalized spacial score (nSPS) is 27.4. The Labute approximate surface area is 153 Å². The molecular formula is C19H28N4OS. The molecule has 1 saturated carbocycles. The second kappa shape index (κ2) is 7.17. The van der Waals surface area contributed by atoms with Crippen molar-refractivity contribution in [2.75, 3.05) is 5.32 Å². The Hall–Kier alpha value is -1.24. The lowest BCUT2D eigenvalue weighted by Gasteiger charge is -2.27. The van der Waals surface area contributed by atoms with E-state index in [1.165, 1.54) is 15.8 Å². The standard InChI is InChI=1S/C19H28N4OS/c1-2-14(24)9-11-3-8-15-16(11)17-18(21-10-22-19(17)25-15)23-13-6-4-12(20)5-7-13/h10-14,24H,2-9,20H2,1H3,(H,21,22,23)/t11-,12?,13?,14?/m1/s1. The van der Waals surface area contributed by atoms with Gasteiger partial charge in [0.05, 0.1) is 11.5 Å². The Morgan fingerprint density at radius 2 is 2.08 bits per heavy atom. The Morgan fingerprint density at radius 3 is 2.84 bits per heavy atom. The molecule has 2 aliphatic rings. The zero-order valence-electron chi connectivity index (χ0n) is 14.9. The predicted octanol–water partition coefficient (Wildman–Crippen LogP) is 3.56. The van der Waals surface area contributed by atoms with E-state index < -0.39 is 0 Å². The Kier molecular flexibility index (Phi) is 4.93. The van der Waals surface area contributed by atoms with Gasteiger partial charge in [-0.2, -0.15) is 0 Å². The highest BCUT2D eigenvalue weighted by Gasteiger charge is 2.31. The maximum absolute atomic E-state index is 10.2. The minimum absolute atomic E-state index is 0.216. The highest BCUT2D eigenvalue weighted by molar-refractivity contribution is 7.19. The fourth-order valence-electron chi connectivity index (χ4n) is 4.36. The van der Waals surface area contributed by atoms with E-state index in [1.807, 2.05) is 11.3 Å². The summed E-state index contributed by atoms with van der Waals surface area (Å²) in [5, 5.41) is 15.1. The third kappa shape index (κ3) is 3.39. The molecule has 4 rings (SSSR count). The van der Waals surface area contributed by atoms with Gasteiger partial charge >= 0.3 is 0 Å². The van der Waals surface area contributed by atoms with Crippen LogP contribution in [-0.2, 0) is 6.42 Å². The van der Waals surface area contributed by atoms with Gasteiger partial charge in [0.15, 0.2) is 0 Å². The predicted molar refractivity (Wildman–Crippen MR) is 103 cm³/mol. The van der Waals surface area contributed by atoms with E-state index >= 15 is 0 Å². The van der Waals surface area contributed by atoms with E-state index in [0.717, 1.165) is 62.0 Å². The van der Waals surface area contributed by atoms with E-state index in [1.54, 1.807) is 6.33 Å². The SMILES string of the molecule is CCC(O)C[C@H]1CCc2sc3ncnc(NC4CCC(N)CC4)c3c21. The number of nitrogens with one attached hydrogen (secondary N) is 1. The number of aliphatic hydroxyl groups is 1. The van der Waals surface area contributed by atoms with Crippen LogP contribution < -0.4 is 11.1 Å². The summed E-state index contributed by atoms with van der Waals surface area (Å²) in [4.78, 5) is 11.7. The van der Waals surface area contributed by atoms with Crippen LogP contribution in [0.2, 0.25) is 0 Å². The number of anilines is 1. The Bertz CT molecular complexity index is 738. The quantitative estimate of drug-likeness (QED) is 0.759. The number of aromatic nitrogens is 2. The molecule has 25 heavy (non-hydrogen) atoms. The lowest BCUT2D eigenvalue weighted by atomic mass is 9.91. The van der Waals surface area contributed by atoms with E-state index in [0.29, 0.717) is 18.0 Å². The molecule has 0 radical (unpaired) electrons. The third-order valence-electron chi connectivity index (χ3n) is 5.87. The topological polar surface area (TPSA) is 84.1 Å². The average Bonchev–Trinajstić information content (AvgIpc) is 3.17. The van der Waals surface area contributed by atoms with E-state index in [4.69, 9.17) is 5.73 Å². The number of thiophene rings is 1. The van der Waals surface area contributed by atoms with Crippen LogP contribution in [0.4, 0.5) is 5.82 Å². The summed E-state index contributed by atoms with van der Waals surface area (Å²) < 4.78 is 0. The number of nitrogens with zero attached hydrogens (tertiary/aromatic N) is 2. The van der Waals surface area contributed by atoms with E-state index in [9.17, 15) is 5.11 Å². The van der Waals surface area contributed by atoms with Crippen molar-refractivity contribution in [2.24, 2.45) is 5.73 Å². The molecule has 4 N–H and O–H groups in total. The molecule has 0 amide bonds. The van der Waals surface area contributed by atoms with Crippen molar-refractivity contribution >= 4 is 27.4 Å². The van der Waals surface area contributed by atoms with E-state index in [-0.39, 0.29) is 6.10 Å². The molecule has 2 atom stereocenters. The molecular weight excluding hydrogens is 332 g/mol. The zero-order chi connectivity index (χ0) is 17.4. The largest absolute Gasteiger partial charge is 0.393 e. The van der Waals surface area contributed by atoms with Gasteiger partial charge in [0, 0.05) is 17.0 Å². The first kappa shape index (κ1) is 17.2. The fraction of sp³-hybridized carbons (Fsp3) is 0.684. The van der Waals surface area contributed by atoms with Crippen LogP contribution in [0.25, 0.3) is 10.2 Å². The number of nitrogens with two attached hydrogens (primary N) is 1. The molecule has 0 spiro atoms. The van der Waals surface area contributed by atoms with Crippen LogP contribution >= 0.6 is 11.3 Å². The molecule has 2 aliphatic carbocycles. The summed E-state index contributed by atoms with van der Waals surface area (Å²) in [6.07, 6.45) is 9.76. The molecule has 2 aromatic rings. The summed E-state index contributed by atoms with van der Waals surface area (Å²) in [6, 6.07) is 0.809. The lowest BCUT2D eigenvalue weighted by Crippen LogP contribution is -2.33. The maximum atomic E-state index is 10.2. The van der Waals surface area contributed by atoms with Crippen molar-refractivity contribution in [3.8, 4) is 0 Å². The second-order valence-corrected chi connectivity index (χ2v) is 8.71.